The first-order chi connectivity index (χ1) is 15.9. The molecular weight excluding hydrogens is 424 g/mol. The summed E-state index contributed by atoms with van der Waals surface area (Å²) < 4.78 is 6.84. The monoisotopic (exact) mass is 448 g/mol. The van der Waals surface area contributed by atoms with Crippen molar-refractivity contribution in [3.63, 3.8) is 0 Å². The summed E-state index contributed by atoms with van der Waals surface area (Å²) >= 11 is 0. The lowest BCUT2D eigenvalue weighted by atomic mass is 9.98. The Hall–Kier alpha value is -4.14. The molecule has 0 aliphatic heterocycles. The third-order valence-corrected chi connectivity index (χ3v) is 5.76. The molecule has 0 spiro atoms. The number of aliphatic carboxylic acids is 1. The van der Waals surface area contributed by atoms with Crippen LogP contribution in [0.15, 0.2) is 54.7 Å². The smallest absolute Gasteiger partial charge is 0.412 e. The lowest BCUT2D eigenvalue weighted by Crippen LogP contribution is -2.40. The van der Waals surface area contributed by atoms with E-state index in [9.17, 15) is 19.5 Å². The molecule has 0 saturated carbocycles. The van der Waals surface area contributed by atoms with Gasteiger partial charge < -0.3 is 15.2 Å². The van der Waals surface area contributed by atoms with Crippen LogP contribution in [0.3, 0.4) is 0 Å². The van der Waals surface area contributed by atoms with Gasteiger partial charge in [-0.2, -0.15) is 5.10 Å². The van der Waals surface area contributed by atoms with Crippen molar-refractivity contribution in [3.8, 4) is 11.1 Å². The predicted octanol–water partition coefficient (Wildman–Crippen LogP) is 3.37. The molecule has 2 aromatic carbocycles. The van der Waals surface area contributed by atoms with E-state index in [0.717, 1.165) is 22.3 Å². The molecule has 2 amide bonds. The van der Waals surface area contributed by atoms with Crippen molar-refractivity contribution in [3.05, 3.63) is 71.4 Å². The van der Waals surface area contributed by atoms with Crippen molar-refractivity contribution in [1.82, 2.24) is 15.1 Å². The van der Waals surface area contributed by atoms with Gasteiger partial charge in [-0.3, -0.25) is 14.8 Å². The molecule has 0 fully saturated rings. The largest absolute Gasteiger partial charge is 0.480 e. The molecule has 4 rings (SSSR count). The number of carbonyl (C=O) groups is 3. The summed E-state index contributed by atoms with van der Waals surface area (Å²) in [5, 5.41) is 18.2. The van der Waals surface area contributed by atoms with Crippen molar-refractivity contribution < 1.29 is 24.2 Å². The maximum absolute atomic E-state index is 12.6. The molecule has 3 N–H and O–H groups in total. The molecular formula is C24H24N4O5. The van der Waals surface area contributed by atoms with Gasteiger partial charge in [0.25, 0.3) is 5.91 Å². The van der Waals surface area contributed by atoms with E-state index in [1.54, 1.807) is 14.0 Å². The molecule has 3 aromatic rings. The number of rotatable bonds is 7. The van der Waals surface area contributed by atoms with Crippen LogP contribution in [0.25, 0.3) is 11.1 Å². The van der Waals surface area contributed by atoms with E-state index in [4.69, 9.17) is 4.74 Å². The Bertz CT molecular complexity index is 1170. The van der Waals surface area contributed by atoms with E-state index >= 15 is 0 Å². The fourth-order valence-corrected chi connectivity index (χ4v) is 4.06. The molecule has 170 valence electrons. The van der Waals surface area contributed by atoms with Crippen LogP contribution in [0.1, 0.15) is 40.7 Å². The summed E-state index contributed by atoms with van der Waals surface area (Å²) in [5.74, 6) is -1.77. The number of nitrogens with zero attached hydrogens (tertiary/aromatic N) is 2. The number of carboxylic acid groups (broad SMARTS) is 1. The third kappa shape index (κ3) is 4.30. The lowest BCUT2D eigenvalue weighted by molar-refractivity contribution is -0.139. The van der Waals surface area contributed by atoms with Gasteiger partial charge in [0.1, 0.15) is 24.0 Å². The van der Waals surface area contributed by atoms with E-state index in [-0.39, 0.29) is 30.3 Å². The van der Waals surface area contributed by atoms with Crippen LogP contribution >= 0.6 is 0 Å². The highest BCUT2D eigenvalue weighted by molar-refractivity contribution is 6.02. The first-order valence-corrected chi connectivity index (χ1v) is 10.6. The average Bonchev–Trinajstić information content (AvgIpc) is 3.33. The zero-order valence-corrected chi connectivity index (χ0v) is 18.2. The predicted molar refractivity (Wildman–Crippen MR) is 121 cm³/mol. The van der Waals surface area contributed by atoms with E-state index in [2.05, 4.69) is 27.9 Å². The minimum absolute atomic E-state index is 0.0470. The number of fused-ring (bicyclic) bond motifs is 3. The van der Waals surface area contributed by atoms with Gasteiger partial charge in [0.2, 0.25) is 0 Å². The normalized spacial score (nSPS) is 13.0. The molecule has 1 aromatic heterocycles. The van der Waals surface area contributed by atoms with Gasteiger partial charge in [-0.05, 0) is 28.7 Å². The number of carbonyl (C=O) groups excluding carboxylic acids is 2. The van der Waals surface area contributed by atoms with Crippen LogP contribution < -0.4 is 10.6 Å². The van der Waals surface area contributed by atoms with Gasteiger partial charge in [0.05, 0.1) is 6.20 Å². The molecule has 0 bridgehead atoms. The lowest BCUT2D eigenvalue weighted by Gasteiger charge is -2.15. The zero-order chi connectivity index (χ0) is 23.5. The summed E-state index contributed by atoms with van der Waals surface area (Å²) in [5.41, 5.74) is 4.47. The minimum atomic E-state index is -1.14. The number of carboxylic acids is 1. The van der Waals surface area contributed by atoms with Gasteiger partial charge in [0.15, 0.2) is 0 Å². The molecule has 1 atom stereocenters. The molecule has 0 radical (unpaired) electrons. The highest BCUT2D eigenvalue weighted by atomic mass is 16.5. The Morgan fingerprint density at radius 1 is 1.09 bits per heavy atom. The molecule has 0 saturated heterocycles. The standard InChI is InChI=1S/C24H24N4O5/c1-3-20(23(30)31)26-22(29)18-12-25-28(2)21(18)27-24(32)33-13-19-16-10-6-4-8-14(16)15-9-5-7-11-17(15)19/h4-12,19-20H,3,13H2,1-2H3,(H,26,29)(H,27,32)(H,30,31)/t20-/m0/s1. The molecule has 1 heterocycles. The van der Waals surface area contributed by atoms with Gasteiger partial charge in [-0.25, -0.2) is 9.59 Å². The quantitative estimate of drug-likeness (QED) is 0.509. The van der Waals surface area contributed by atoms with E-state index in [1.165, 1.54) is 10.9 Å². The number of aryl methyl sites for hydroxylation is 1. The fraction of sp³-hybridized carbons (Fsp3) is 0.250. The highest BCUT2D eigenvalue weighted by Gasteiger charge is 2.29. The molecule has 0 unspecified atom stereocenters. The highest BCUT2D eigenvalue weighted by Crippen LogP contribution is 2.44. The maximum Gasteiger partial charge on any atom is 0.412 e. The number of amides is 2. The van der Waals surface area contributed by atoms with Crippen LogP contribution in [-0.4, -0.2) is 45.5 Å². The SMILES string of the molecule is CC[C@H](NC(=O)c1cnn(C)c1NC(=O)OCC1c2ccccc2-c2ccccc21)C(=O)O. The van der Waals surface area contributed by atoms with E-state index in [1.807, 2.05) is 36.4 Å². The van der Waals surface area contributed by atoms with E-state index in [0.29, 0.717) is 0 Å². The second-order valence-corrected chi connectivity index (χ2v) is 7.75. The number of nitrogens with one attached hydrogen (secondary N) is 2. The van der Waals surface area contributed by atoms with Crippen molar-refractivity contribution >= 4 is 23.8 Å². The third-order valence-electron chi connectivity index (χ3n) is 5.76. The summed E-state index contributed by atoms with van der Waals surface area (Å²) in [7, 11) is 1.56. The Kier molecular flexibility index (Phi) is 6.12. The Labute approximate surface area is 190 Å². The summed E-state index contributed by atoms with van der Waals surface area (Å²) in [6.07, 6.45) is 0.749. The number of hydrogen-bond acceptors (Lipinski definition) is 5. The molecule has 9 nitrogen and oxygen atoms in total. The minimum Gasteiger partial charge on any atom is -0.480 e. The molecule has 9 heteroatoms. The molecule has 1 aliphatic rings. The number of aromatic nitrogens is 2. The van der Waals surface area contributed by atoms with E-state index < -0.39 is 24.0 Å². The van der Waals surface area contributed by atoms with Crippen LogP contribution in [0, 0.1) is 0 Å². The van der Waals surface area contributed by atoms with Crippen LogP contribution in [-0.2, 0) is 16.6 Å². The van der Waals surface area contributed by atoms with Crippen LogP contribution in [0.2, 0.25) is 0 Å². The second kappa shape index (κ2) is 9.15. The summed E-state index contributed by atoms with van der Waals surface area (Å²) in [4.78, 5) is 36.4. The van der Waals surface area contributed by atoms with Gasteiger partial charge >= 0.3 is 12.1 Å². The second-order valence-electron chi connectivity index (χ2n) is 7.75. The maximum atomic E-state index is 12.6. The van der Waals surface area contributed by atoms with Gasteiger partial charge in [-0.1, -0.05) is 55.5 Å². The van der Waals surface area contributed by atoms with Crippen LogP contribution in [0.4, 0.5) is 10.6 Å². The number of hydrogen-bond donors (Lipinski definition) is 3. The zero-order valence-electron chi connectivity index (χ0n) is 18.2. The number of anilines is 1. The van der Waals surface area contributed by atoms with Crippen LogP contribution in [0.5, 0.6) is 0 Å². The van der Waals surface area contributed by atoms with Crippen molar-refractivity contribution in [1.29, 1.82) is 0 Å². The van der Waals surface area contributed by atoms with Crippen molar-refractivity contribution in [2.24, 2.45) is 7.05 Å². The Morgan fingerprint density at radius 3 is 2.27 bits per heavy atom. The van der Waals surface area contributed by atoms with Gasteiger partial charge in [0, 0.05) is 13.0 Å². The summed E-state index contributed by atoms with van der Waals surface area (Å²) in [6, 6.07) is 15.0. The van der Waals surface area contributed by atoms with Crippen molar-refractivity contribution in [2.75, 3.05) is 11.9 Å². The molecule has 1 aliphatic carbocycles. The Balaban J connectivity index is 1.46. The topological polar surface area (TPSA) is 123 Å². The first kappa shape index (κ1) is 22.1. The molecule has 33 heavy (non-hydrogen) atoms. The number of ether oxygens (including phenoxy) is 1. The Morgan fingerprint density at radius 2 is 1.70 bits per heavy atom. The fourth-order valence-electron chi connectivity index (χ4n) is 4.06. The summed E-state index contributed by atoms with van der Waals surface area (Å²) in [6.45, 7) is 1.77. The average molecular weight is 448 g/mol. The number of benzene rings is 2. The first-order valence-electron chi connectivity index (χ1n) is 10.6. The van der Waals surface area contributed by atoms with Gasteiger partial charge in [-0.15, -0.1) is 0 Å². The van der Waals surface area contributed by atoms with Crippen molar-refractivity contribution in [2.45, 2.75) is 25.3 Å².